The van der Waals surface area contributed by atoms with Crippen molar-refractivity contribution in [2.75, 3.05) is 6.61 Å². The van der Waals surface area contributed by atoms with E-state index >= 15 is 0 Å². The number of aliphatic hydroxyl groups excluding tert-OH is 2. The first-order chi connectivity index (χ1) is 18.1. The summed E-state index contributed by atoms with van der Waals surface area (Å²) in [6, 6.07) is 0. The Kier molecular flexibility index (Phi) is 5.44. The van der Waals surface area contributed by atoms with Crippen molar-refractivity contribution in [3.8, 4) is 0 Å². The van der Waals surface area contributed by atoms with Gasteiger partial charge in [0.05, 0.1) is 29.6 Å². The Morgan fingerprint density at radius 3 is 2.36 bits per heavy atom. The molecule has 11 nitrogen and oxygen atoms in total. The standard InChI is InChI=1S/C28H36O11/c1-7-35-18-8-12(22(33)36-18)20-25(4)11-13(29)19-26(5)14(24(2,3)38-17(32)10-15(26)30)9-16(31)27(19,6)28(25)21(39-28)23(34)37-20/h8,13-15,18-21,29-30H,7,9-11H2,1-6H3. The molecule has 0 bridgehead atoms. The van der Waals surface area contributed by atoms with E-state index in [1.807, 2.05) is 0 Å². The molecule has 4 heterocycles. The van der Waals surface area contributed by atoms with E-state index in [1.54, 1.807) is 41.5 Å². The second kappa shape index (κ2) is 7.90. The molecule has 2 N–H and O–H groups in total. The largest absolute Gasteiger partial charge is 0.459 e. The van der Waals surface area contributed by atoms with Gasteiger partial charge in [-0.2, -0.15) is 0 Å². The van der Waals surface area contributed by atoms with Gasteiger partial charge in [-0.15, -0.1) is 0 Å². The van der Waals surface area contributed by atoms with Gasteiger partial charge >= 0.3 is 17.9 Å². The predicted molar refractivity (Wildman–Crippen MR) is 129 cm³/mol. The number of carbonyl (C=O) groups excluding carboxylic acids is 4. The summed E-state index contributed by atoms with van der Waals surface area (Å²) in [6.45, 7) is 10.7. The van der Waals surface area contributed by atoms with E-state index in [0.29, 0.717) is 0 Å². The summed E-state index contributed by atoms with van der Waals surface area (Å²) in [5.41, 5.74) is -6.23. The zero-order valence-corrected chi connectivity index (χ0v) is 23.0. The number of rotatable bonds is 3. The number of aliphatic hydroxyl groups is 2. The van der Waals surface area contributed by atoms with Gasteiger partial charge in [-0.3, -0.25) is 9.59 Å². The minimum Gasteiger partial charge on any atom is -0.459 e. The number of ketones is 1. The van der Waals surface area contributed by atoms with Crippen LogP contribution in [0, 0.1) is 28.1 Å². The fourth-order valence-corrected chi connectivity index (χ4v) is 9.46. The van der Waals surface area contributed by atoms with Crippen LogP contribution in [-0.2, 0) is 42.9 Å². The Labute approximate surface area is 226 Å². The highest BCUT2D eigenvalue weighted by atomic mass is 16.7. The molecule has 3 saturated heterocycles. The molecule has 0 aromatic carbocycles. The van der Waals surface area contributed by atoms with Gasteiger partial charge in [0, 0.05) is 35.7 Å². The van der Waals surface area contributed by atoms with Crippen LogP contribution in [0.1, 0.15) is 60.8 Å². The minimum absolute atomic E-state index is 0.00314. The van der Waals surface area contributed by atoms with E-state index in [1.165, 1.54) is 6.08 Å². The van der Waals surface area contributed by atoms with E-state index in [2.05, 4.69) is 0 Å². The first-order valence-corrected chi connectivity index (χ1v) is 13.6. The number of ether oxygens (including phenoxy) is 5. The molecule has 39 heavy (non-hydrogen) atoms. The fraction of sp³-hybridized carbons (Fsp3) is 0.786. The van der Waals surface area contributed by atoms with Gasteiger partial charge in [0.2, 0.25) is 6.29 Å². The lowest BCUT2D eigenvalue weighted by Gasteiger charge is -2.67. The zero-order valence-electron chi connectivity index (χ0n) is 23.0. The summed E-state index contributed by atoms with van der Waals surface area (Å²) in [5.74, 6) is -3.74. The van der Waals surface area contributed by atoms with Crippen molar-refractivity contribution in [2.45, 2.75) is 103 Å². The maximum absolute atomic E-state index is 14.4. The molecule has 0 radical (unpaired) electrons. The summed E-state index contributed by atoms with van der Waals surface area (Å²) in [6.07, 6.45) is -4.46. The van der Waals surface area contributed by atoms with E-state index < -0.39 is 87.9 Å². The second-order valence-corrected chi connectivity index (χ2v) is 13.1. The van der Waals surface area contributed by atoms with Crippen LogP contribution in [0.4, 0.5) is 0 Å². The summed E-state index contributed by atoms with van der Waals surface area (Å²) in [4.78, 5) is 53.2. The Hall–Kier alpha value is -2.34. The molecule has 2 saturated carbocycles. The SMILES string of the molecule is CCOC1C=C(C2OC(=O)C3OC34C2(C)CC(O)C2C3(C)C(O)CC(=O)OC(C)(C)C3CC(=O)C24C)C(=O)O1. The van der Waals surface area contributed by atoms with Crippen molar-refractivity contribution in [1.29, 1.82) is 0 Å². The maximum Gasteiger partial charge on any atom is 0.340 e. The third-order valence-corrected chi connectivity index (χ3v) is 11.0. The molecule has 11 heteroatoms. The highest BCUT2D eigenvalue weighted by Crippen LogP contribution is 2.77. The first-order valence-electron chi connectivity index (χ1n) is 13.6. The van der Waals surface area contributed by atoms with Crippen LogP contribution >= 0.6 is 0 Å². The average molecular weight is 549 g/mol. The van der Waals surface area contributed by atoms with Crippen LogP contribution in [0.5, 0.6) is 0 Å². The molecule has 0 aromatic heterocycles. The molecule has 6 rings (SSSR count). The summed E-state index contributed by atoms with van der Waals surface area (Å²) >= 11 is 0. The molecule has 11 atom stereocenters. The molecule has 6 aliphatic rings. The average Bonchev–Trinajstić information content (AvgIpc) is 3.52. The quantitative estimate of drug-likeness (QED) is 0.294. The van der Waals surface area contributed by atoms with Crippen molar-refractivity contribution < 1.29 is 53.1 Å². The van der Waals surface area contributed by atoms with Crippen LogP contribution in [0.25, 0.3) is 0 Å². The van der Waals surface area contributed by atoms with Gasteiger partial charge in [-0.25, -0.2) is 9.59 Å². The Morgan fingerprint density at radius 1 is 1.00 bits per heavy atom. The highest BCUT2D eigenvalue weighted by molar-refractivity contribution is 5.96. The van der Waals surface area contributed by atoms with Crippen LogP contribution < -0.4 is 0 Å². The number of esters is 3. The van der Waals surface area contributed by atoms with Crippen LogP contribution in [0.15, 0.2) is 11.6 Å². The number of fused-ring (bicyclic) bond motifs is 3. The molecule has 214 valence electrons. The Bertz CT molecular complexity index is 1210. The minimum atomic E-state index is -1.46. The van der Waals surface area contributed by atoms with Crippen LogP contribution in [-0.4, -0.2) is 82.4 Å². The molecule has 1 spiro atoms. The lowest BCUT2D eigenvalue weighted by atomic mass is 9.36. The van der Waals surface area contributed by atoms with Crippen molar-refractivity contribution in [1.82, 2.24) is 0 Å². The number of epoxide rings is 1. The molecule has 0 amide bonds. The lowest BCUT2D eigenvalue weighted by Crippen LogP contribution is -2.76. The van der Waals surface area contributed by atoms with E-state index in [9.17, 15) is 29.4 Å². The molecule has 2 aliphatic carbocycles. The van der Waals surface area contributed by atoms with Crippen LogP contribution in [0.3, 0.4) is 0 Å². The zero-order chi connectivity index (χ0) is 28.5. The van der Waals surface area contributed by atoms with Crippen molar-refractivity contribution in [3.05, 3.63) is 11.6 Å². The molecule has 11 unspecified atom stereocenters. The lowest BCUT2D eigenvalue weighted by molar-refractivity contribution is -0.253. The number of cyclic esters (lactones) is 3. The topological polar surface area (TPSA) is 158 Å². The molecule has 5 fully saturated rings. The van der Waals surface area contributed by atoms with Gasteiger partial charge in [0.25, 0.3) is 0 Å². The predicted octanol–water partition coefficient (Wildman–Crippen LogP) is 0.970. The molecule has 4 aliphatic heterocycles. The van der Waals surface area contributed by atoms with Crippen molar-refractivity contribution in [2.24, 2.45) is 28.1 Å². The molecule has 0 aromatic rings. The smallest absolute Gasteiger partial charge is 0.340 e. The van der Waals surface area contributed by atoms with Crippen LogP contribution in [0.2, 0.25) is 0 Å². The van der Waals surface area contributed by atoms with E-state index in [0.717, 1.165) is 0 Å². The monoisotopic (exact) mass is 548 g/mol. The molecular weight excluding hydrogens is 512 g/mol. The fourth-order valence-electron chi connectivity index (χ4n) is 9.46. The maximum atomic E-state index is 14.4. The van der Waals surface area contributed by atoms with E-state index in [-0.39, 0.29) is 37.2 Å². The van der Waals surface area contributed by atoms with Gasteiger partial charge in [-0.05, 0) is 40.2 Å². The van der Waals surface area contributed by atoms with Gasteiger partial charge in [0.15, 0.2) is 6.10 Å². The summed E-state index contributed by atoms with van der Waals surface area (Å²) < 4.78 is 28.5. The summed E-state index contributed by atoms with van der Waals surface area (Å²) in [7, 11) is 0. The third kappa shape index (κ3) is 3.02. The normalized spacial score (nSPS) is 51.7. The highest BCUT2D eigenvalue weighted by Gasteiger charge is 2.90. The first kappa shape index (κ1) is 26.9. The van der Waals surface area contributed by atoms with Gasteiger partial charge in [0.1, 0.15) is 23.1 Å². The second-order valence-electron chi connectivity index (χ2n) is 13.1. The number of hydrogen-bond donors (Lipinski definition) is 2. The molecular formula is C28H36O11. The van der Waals surface area contributed by atoms with E-state index in [4.69, 9.17) is 23.7 Å². The van der Waals surface area contributed by atoms with Gasteiger partial charge < -0.3 is 33.9 Å². The number of carbonyl (C=O) groups is 4. The third-order valence-electron chi connectivity index (χ3n) is 11.0. The Balaban J connectivity index is 1.51. The summed E-state index contributed by atoms with van der Waals surface area (Å²) in [5, 5.41) is 23.5. The van der Waals surface area contributed by atoms with Gasteiger partial charge in [-0.1, -0.05) is 13.8 Å². The van der Waals surface area contributed by atoms with Crippen molar-refractivity contribution in [3.63, 3.8) is 0 Å². The Morgan fingerprint density at radius 2 is 1.69 bits per heavy atom. The number of Topliss-reactive ketones (excluding diaryl/α,β-unsaturated/α-hetero) is 1. The number of hydrogen-bond acceptors (Lipinski definition) is 11. The van der Waals surface area contributed by atoms with Crippen molar-refractivity contribution >= 4 is 23.7 Å².